The molecule has 0 fully saturated rings. The second kappa shape index (κ2) is 6.31. The molecule has 2 N–H and O–H groups in total. The first kappa shape index (κ1) is 17.1. The number of nitrogens with zero attached hydrogens (tertiary/aromatic N) is 3. The first-order chi connectivity index (χ1) is 11.8. The molecule has 1 aromatic heterocycles. The molecule has 0 saturated carbocycles. The third-order valence-electron chi connectivity index (χ3n) is 3.96. The van der Waals surface area contributed by atoms with Gasteiger partial charge in [0.2, 0.25) is 0 Å². The van der Waals surface area contributed by atoms with E-state index >= 15 is 0 Å². The summed E-state index contributed by atoms with van der Waals surface area (Å²) < 4.78 is 12.6. The van der Waals surface area contributed by atoms with Crippen molar-refractivity contribution in [2.24, 2.45) is 0 Å². The highest BCUT2D eigenvalue weighted by Crippen LogP contribution is 2.27. The minimum Gasteiger partial charge on any atom is -0.494 e. The predicted octanol–water partition coefficient (Wildman–Crippen LogP) is 2.76. The summed E-state index contributed by atoms with van der Waals surface area (Å²) in [7, 11) is 1.61. The second-order valence-corrected chi connectivity index (χ2v) is 7.13. The number of aromatic nitrogens is 2. The first-order valence-corrected chi connectivity index (χ1v) is 8.26. The summed E-state index contributed by atoms with van der Waals surface area (Å²) in [5.74, 6) is 0.693. The molecule has 2 heterocycles. The molecule has 1 aliphatic heterocycles. The summed E-state index contributed by atoms with van der Waals surface area (Å²) in [5, 5.41) is 4.64. The van der Waals surface area contributed by atoms with E-state index in [9.17, 15) is 4.79 Å². The Hall–Kier alpha value is -2.70. The summed E-state index contributed by atoms with van der Waals surface area (Å²) in [6, 6.07) is 5.43. The van der Waals surface area contributed by atoms with Crippen LogP contribution in [0, 0.1) is 0 Å². The fraction of sp³-hybridized carbons (Fsp3) is 0.444. The number of hydrogen-bond donors (Lipinski definition) is 1. The molecule has 0 bridgehead atoms. The smallest absolute Gasteiger partial charge is 0.410 e. The van der Waals surface area contributed by atoms with E-state index in [4.69, 9.17) is 15.2 Å². The van der Waals surface area contributed by atoms with Gasteiger partial charge in [0, 0.05) is 30.4 Å². The highest BCUT2D eigenvalue weighted by Gasteiger charge is 2.27. The lowest BCUT2D eigenvalue weighted by molar-refractivity contribution is 0.0223. The lowest BCUT2D eigenvalue weighted by Crippen LogP contribution is -2.39. The lowest BCUT2D eigenvalue weighted by atomic mass is 10.1. The van der Waals surface area contributed by atoms with Gasteiger partial charge >= 0.3 is 6.09 Å². The van der Waals surface area contributed by atoms with Gasteiger partial charge in [-0.3, -0.25) is 0 Å². The van der Waals surface area contributed by atoms with E-state index in [0.717, 1.165) is 16.9 Å². The Morgan fingerprint density at radius 2 is 2.08 bits per heavy atom. The predicted molar refractivity (Wildman–Crippen MR) is 94.9 cm³/mol. The van der Waals surface area contributed by atoms with Gasteiger partial charge in [0.05, 0.1) is 19.3 Å². The lowest BCUT2D eigenvalue weighted by Gasteiger charge is -2.29. The average Bonchev–Trinajstić information content (AvgIpc) is 2.96. The molecular weight excluding hydrogens is 320 g/mol. The Balaban J connectivity index is 1.84. The Morgan fingerprint density at radius 1 is 1.32 bits per heavy atom. The van der Waals surface area contributed by atoms with Crippen molar-refractivity contribution in [3.63, 3.8) is 0 Å². The number of rotatable bonds is 2. The summed E-state index contributed by atoms with van der Waals surface area (Å²) in [6.45, 7) is 6.67. The molecule has 3 rings (SSSR count). The molecule has 0 unspecified atom stereocenters. The molecule has 1 aromatic carbocycles. The van der Waals surface area contributed by atoms with Crippen molar-refractivity contribution in [1.82, 2.24) is 14.7 Å². The zero-order valence-corrected chi connectivity index (χ0v) is 15.1. The fourth-order valence-electron chi connectivity index (χ4n) is 2.81. The van der Waals surface area contributed by atoms with E-state index in [2.05, 4.69) is 5.10 Å². The number of anilines is 1. The number of nitrogens with two attached hydrogens (primary N) is 1. The Labute approximate surface area is 147 Å². The van der Waals surface area contributed by atoms with Gasteiger partial charge in [-0.2, -0.15) is 5.10 Å². The number of methoxy groups -OCH3 is 1. The molecule has 1 amide bonds. The number of ether oxygens (including phenoxy) is 2. The molecule has 7 nitrogen and oxygen atoms in total. The van der Waals surface area contributed by atoms with Crippen LogP contribution in [-0.2, 0) is 17.7 Å². The van der Waals surface area contributed by atoms with Crippen molar-refractivity contribution in [2.45, 2.75) is 39.3 Å². The summed E-state index contributed by atoms with van der Waals surface area (Å²) in [6.07, 6.45) is 2.31. The van der Waals surface area contributed by atoms with Crippen molar-refractivity contribution in [1.29, 1.82) is 0 Å². The van der Waals surface area contributed by atoms with Gasteiger partial charge in [0.15, 0.2) is 0 Å². The molecule has 7 heteroatoms. The van der Waals surface area contributed by atoms with Crippen molar-refractivity contribution >= 4 is 11.8 Å². The number of fused-ring (bicyclic) bond motifs is 1. The normalized spacial score (nSPS) is 14.2. The zero-order valence-electron chi connectivity index (χ0n) is 15.1. The number of carbonyl (C=O) groups excluding carboxylic acids is 1. The number of benzene rings is 1. The highest BCUT2D eigenvalue weighted by molar-refractivity contribution is 5.68. The second-order valence-electron chi connectivity index (χ2n) is 7.13. The molecular formula is C18H24N4O3. The average molecular weight is 344 g/mol. The van der Waals surface area contributed by atoms with E-state index < -0.39 is 5.60 Å². The van der Waals surface area contributed by atoms with Crippen molar-refractivity contribution in [3.8, 4) is 11.4 Å². The largest absolute Gasteiger partial charge is 0.494 e. The van der Waals surface area contributed by atoms with E-state index in [1.54, 1.807) is 22.8 Å². The van der Waals surface area contributed by atoms with Gasteiger partial charge in [0.1, 0.15) is 17.0 Å². The van der Waals surface area contributed by atoms with E-state index in [1.807, 2.05) is 39.1 Å². The van der Waals surface area contributed by atoms with Crippen LogP contribution in [0.3, 0.4) is 0 Å². The molecule has 0 saturated heterocycles. The third-order valence-corrected chi connectivity index (χ3v) is 3.96. The standard InChI is InChI=1S/C18H24N4O3/c1-18(2,3)25-17(23)21-8-7-14-12(10-21)11-22(20-14)15-9-13(19)5-6-16(15)24-4/h5-6,9,11H,7-8,10,19H2,1-4H3. The van der Waals surface area contributed by atoms with Crippen LogP contribution in [-0.4, -0.2) is 40.0 Å². The monoisotopic (exact) mass is 344 g/mol. The minimum absolute atomic E-state index is 0.299. The van der Waals surface area contributed by atoms with Crippen LogP contribution in [0.1, 0.15) is 32.0 Å². The Morgan fingerprint density at radius 3 is 2.76 bits per heavy atom. The van der Waals surface area contributed by atoms with Crippen molar-refractivity contribution in [2.75, 3.05) is 19.4 Å². The third kappa shape index (κ3) is 3.70. The zero-order chi connectivity index (χ0) is 18.2. The SMILES string of the molecule is COc1ccc(N)cc1-n1cc2c(n1)CCN(C(=O)OC(C)(C)C)C2. The Kier molecular flexibility index (Phi) is 4.32. The maximum Gasteiger partial charge on any atom is 0.410 e. The van der Waals surface area contributed by atoms with E-state index in [0.29, 0.717) is 30.9 Å². The van der Waals surface area contributed by atoms with E-state index in [1.165, 1.54) is 0 Å². The number of nitrogen functional groups attached to an aromatic ring is 1. The number of carbonyl (C=O) groups is 1. The molecule has 0 spiro atoms. The van der Waals surface area contributed by atoms with Gasteiger partial charge < -0.3 is 20.1 Å². The molecule has 25 heavy (non-hydrogen) atoms. The van der Waals surface area contributed by atoms with Gasteiger partial charge in [-0.15, -0.1) is 0 Å². The molecule has 0 atom stereocenters. The fourth-order valence-corrected chi connectivity index (χ4v) is 2.81. The van der Waals surface area contributed by atoms with Gasteiger partial charge in [-0.1, -0.05) is 0 Å². The summed E-state index contributed by atoms with van der Waals surface area (Å²) >= 11 is 0. The summed E-state index contributed by atoms with van der Waals surface area (Å²) in [4.78, 5) is 14.0. The van der Waals surface area contributed by atoms with Crippen LogP contribution in [0.4, 0.5) is 10.5 Å². The van der Waals surface area contributed by atoms with Crippen LogP contribution in [0.5, 0.6) is 5.75 Å². The van der Waals surface area contributed by atoms with E-state index in [-0.39, 0.29) is 6.09 Å². The highest BCUT2D eigenvalue weighted by atomic mass is 16.6. The van der Waals surface area contributed by atoms with Crippen LogP contribution < -0.4 is 10.5 Å². The number of amides is 1. The molecule has 0 radical (unpaired) electrons. The van der Waals surface area contributed by atoms with Crippen molar-refractivity contribution < 1.29 is 14.3 Å². The van der Waals surface area contributed by atoms with Crippen LogP contribution in [0.25, 0.3) is 5.69 Å². The first-order valence-electron chi connectivity index (χ1n) is 8.26. The van der Waals surface area contributed by atoms with Crippen molar-refractivity contribution in [3.05, 3.63) is 35.7 Å². The van der Waals surface area contributed by atoms with Crippen LogP contribution in [0.2, 0.25) is 0 Å². The quantitative estimate of drug-likeness (QED) is 0.847. The van der Waals surface area contributed by atoms with Gasteiger partial charge in [0.25, 0.3) is 0 Å². The maximum absolute atomic E-state index is 12.3. The Bertz CT molecular complexity index is 792. The molecule has 1 aliphatic rings. The van der Waals surface area contributed by atoms with Gasteiger partial charge in [-0.25, -0.2) is 9.48 Å². The summed E-state index contributed by atoms with van der Waals surface area (Å²) in [5.41, 5.74) is 8.79. The maximum atomic E-state index is 12.3. The molecule has 0 aliphatic carbocycles. The number of hydrogen-bond acceptors (Lipinski definition) is 5. The van der Waals surface area contributed by atoms with Gasteiger partial charge in [-0.05, 0) is 39.0 Å². The van der Waals surface area contributed by atoms with Crippen LogP contribution in [0.15, 0.2) is 24.4 Å². The minimum atomic E-state index is -0.503. The molecule has 2 aromatic rings. The molecule has 134 valence electrons. The van der Waals surface area contributed by atoms with Crippen LogP contribution >= 0.6 is 0 Å². The topological polar surface area (TPSA) is 82.6 Å².